The Bertz CT molecular complexity index is 470. The van der Waals surface area contributed by atoms with Crippen molar-refractivity contribution in [3.63, 3.8) is 0 Å². The predicted octanol–water partition coefficient (Wildman–Crippen LogP) is 1.81. The van der Waals surface area contributed by atoms with Gasteiger partial charge in [0.2, 0.25) is 5.91 Å². The van der Waals surface area contributed by atoms with Crippen molar-refractivity contribution in [3.8, 4) is 5.75 Å². The van der Waals surface area contributed by atoms with Gasteiger partial charge in [-0.15, -0.1) is 0 Å². The van der Waals surface area contributed by atoms with Crippen molar-refractivity contribution in [3.05, 3.63) is 29.8 Å². The van der Waals surface area contributed by atoms with Crippen LogP contribution in [0.15, 0.2) is 24.3 Å². The fourth-order valence-corrected chi connectivity index (χ4v) is 2.14. The highest BCUT2D eigenvalue weighted by atomic mass is 19.3. The summed E-state index contributed by atoms with van der Waals surface area (Å²) in [5, 5.41) is 9.84. The van der Waals surface area contributed by atoms with Crippen molar-refractivity contribution in [2.24, 2.45) is 0 Å². The summed E-state index contributed by atoms with van der Waals surface area (Å²) in [6.45, 7) is -0.261. The van der Waals surface area contributed by atoms with E-state index in [-0.39, 0.29) is 18.1 Å². The Morgan fingerprint density at radius 1 is 1.40 bits per heavy atom. The highest BCUT2D eigenvalue weighted by Crippen LogP contribution is 2.25. The van der Waals surface area contributed by atoms with Crippen molar-refractivity contribution in [2.45, 2.75) is 32.0 Å². The molecule has 1 aliphatic rings. The number of likely N-dealkylation sites (tertiary alicyclic amines) is 1. The smallest absolute Gasteiger partial charge is 0.387 e. The second-order valence-electron chi connectivity index (χ2n) is 5.03. The Morgan fingerprint density at radius 2 is 2.00 bits per heavy atom. The van der Waals surface area contributed by atoms with Crippen LogP contribution in [0.4, 0.5) is 8.78 Å². The van der Waals surface area contributed by atoms with Crippen molar-refractivity contribution in [1.29, 1.82) is 0 Å². The number of nitrogens with zero attached hydrogens (tertiary/aromatic N) is 1. The monoisotopic (exact) mass is 285 g/mol. The van der Waals surface area contributed by atoms with Gasteiger partial charge < -0.3 is 14.7 Å². The quantitative estimate of drug-likeness (QED) is 0.897. The molecule has 0 aromatic heterocycles. The Morgan fingerprint density at radius 3 is 2.50 bits per heavy atom. The highest BCUT2D eigenvalue weighted by Gasteiger charge is 2.41. The fourth-order valence-electron chi connectivity index (χ4n) is 2.14. The van der Waals surface area contributed by atoms with Gasteiger partial charge in [-0.2, -0.15) is 8.78 Å². The molecule has 0 spiro atoms. The maximum Gasteiger partial charge on any atom is 0.387 e. The molecule has 2 rings (SSSR count). The molecule has 1 fully saturated rings. The minimum atomic E-state index is -2.85. The molecule has 0 aliphatic carbocycles. The number of β-amino-alcohol motifs (C(OH)–C–C–N with tert-alkyl or cyclic N) is 1. The standard InChI is InChI=1S/C14H17F2NO3/c1-2-14(19)8-17(9-14)12(18)7-10-3-5-11(6-4-10)20-13(15)16/h3-6,13,19H,2,7-9H2,1H3. The van der Waals surface area contributed by atoms with Gasteiger partial charge in [0, 0.05) is 0 Å². The van der Waals surface area contributed by atoms with Gasteiger partial charge in [0.05, 0.1) is 25.1 Å². The Kier molecular flexibility index (Phi) is 4.23. The summed E-state index contributed by atoms with van der Waals surface area (Å²) >= 11 is 0. The summed E-state index contributed by atoms with van der Waals surface area (Å²) in [5.41, 5.74) is -0.0199. The summed E-state index contributed by atoms with van der Waals surface area (Å²) < 4.78 is 28.2. The van der Waals surface area contributed by atoms with Crippen molar-refractivity contribution < 1.29 is 23.4 Å². The number of hydrogen-bond acceptors (Lipinski definition) is 3. The molecule has 0 bridgehead atoms. The fraction of sp³-hybridized carbons (Fsp3) is 0.500. The third-order valence-electron chi connectivity index (χ3n) is 3.49. The maximum absolute atomic E-state index is 12.0. The van der Waals surface area contributed by atoms with Crippen LogP contribution in [0.3, 0.4) is 0 Å². The van der Waals surface area contributed by atoms with Crippen LogP contribution in [0.2, 0.25) is 0 Å². The average Bonchev–Trinajstić information content (AvgIpc) is 2.36. The minimum Gasteiger partial charge on any atom is -0.435 e. The van der Waals surface area contributed by atoms with Crippen LogP contribution in [-0.2, 0) is 11.2 Å². The molecule has 110 valence electrons. The topological polar surface area (TPSA) is 49.8 Å². The summed E-state index contributed by atoms with van der Waals surface area (Å²) in [4.78, 5) is 13.5. The van der Waals surface area contributed by atoms with Crippen molar-refractivity contribution in [1.82, 2.24) is 4.90 Å². The Balaban J connectivity index is 1.86. The molecule has 20 heavy (non-hydrogen) atoms. The molecule has 6 heteroatoms. The maximum atomic E-state index is 12.0. The number of ether oxygens (including phenoxy) is 1. The van der Waals surface area contributed by atoms with Crippen LogP contribution in [-0.4, -0.2) is 41.2 Å². The first-order valence-corrected chi connectivity index (χ1v) is 6.46. The zero-order valence-corrected chi connectivity index (χ0v) is 11.2. The molecule has 1 aromatic carbocycles. The van der Waals surface area contributed by atoms with Gasteiger partial charge in [0.15, 0.2) is 0 Å². The number of carbonyl (C=O) groups is 1. The zero-order chi connectivity index (χ0) is 14.8. The molecular weight excluding hydrogens is 268 g/mol. The third-order valence-corrected chi connectivity index (χ3v) is 3.49. The number of alkyl halides is 2. The van der Waals surface area contributed by atoms with E-state index >= 15 is 0 Å². The van der Waals surface area contributed by atoms with Crippen LogP contribution in [0, 0.1) is 0 Å². The van der Waals surface area contributed by atoms with Crippen molar-refractivity contribution >= 4 is 5.91 Å². The average molecular weight is 285 g/mol. The number of hydrogen-bond donors (Lipinski definition) is 1. The Hall–Kier alpha value is -1.69. The van der Waals surface area contributed by atoms with Gasteiger partial charge in [-0.05, 0) is 24.1 Å². The van der Waals surface area contributed by atoms with E-state index in [1.54, 1.807) is 17.0 Å². The van der Waals surface area contributed by atoms with E-state index < -0.39 is 12.2 Å². The van der Waals surface area contributed by atoms with Crippen molar-refractivity contribution in [2.75, 3.05) is 13.1 Å². The van der Waals surface area contributed by atoms with Crippen LogP contribution in [0.25, 0.3) is 0 Å². The molecule has 1 aliphatic heterocycles. The van der Waals surface area contributed by atoms with Gasteiger partial charge in [0.1, 0.15) is 5.75 Å². The van der Waals surface area contributed by atoms with E-state index in [4.69, 9.17) is 0 Å². The van der Waals surface area contributed by atoms with Gasteiger partial charge in [-0.25, -0.2) is 0 Å². The normalized spacial score (nSPS) is 16.9. The number of benzene rings is 1. The molecule has 0 atom stereocenters. The van der Waals surface area contributed by atoms with Gasteiger partial charge in [0.25, 0.3) is 0 Å². The van der Waals surface area contributed by atoms with E-state index in [2.05, 4.69) is 4.74 Å². The zero-order valence-electron chi connectivity index (χ0n) is 11.2. The highest BCUT2D eigenvalue weighted by molar-refractivity contribution is 5.80. The van der Waals surface area contributed by atoms with E-state index in [9.17, 15) is 18.7 Å². The van der Waals surface area contributed by atoms with E-state index in [0.717, 1.165) is 5.56 Å². The lowest BCUT2D eigenvalue weighted by Crippen LogP contribution is -2.63. The Labute approximate surface area is 116 Å². The van der Waals surface area contributed by atoms with E-state index in [0.29, 0.717) is 19.5 Å². The van der Waals surface area contributed by atoms with Crippen LogP contribution in [0.1, 0.15) is 18.9 Å². The van der Waals surface area contributed by atoms with Crippen LogP contribution < -0.4 is 4.74 Å². The summed E-state index contributed by atoms with van der Waals surface area (Å²) in [6.07, 6.45) is 0.811. The molecule has 1 heterocycles. The van der Waals surface area contributed by atoms with Gasteiger partial charge >= 0.3 is 6.61 Å². The molecular formula is C14H17F2NO3. The second-order valence-corrected chi connectivity index (χ2v) is 5.03. The molecule has 4 nitrogen and oxygen atoms in total. The van der Waals surface area contributed by atoms with Gasteiger partial charge in [-0.3, -0.25) is 4.79 Å². The first-order valence-electron chi connectivity index (χ1n) is 6.46. The molecule has 1 N–H and O–H groups in total. The number of halogens is 2. The van der Waals surface area contributed by atoms with E-state index in [1.165, 1.54) is 12.1 Å². The second kappa shape index (κ2) is 5.75. The molecule has 1 amide bonds. The minimum absolute atomic E-state index is 0.0699. The summed E-state index contributed by atoms with van der Waals surface area (Å²) in [7, 11) is 0. The number of aliphatic hydroxyl groups is 1. The number of amides is 1. The number of carbonyl (C=O) groups excluding carboxylic acids is 1. The largest absolute Gasteiger partial charge is 0.435 e. The first kappa shape index (κ1) is 14.7. The molecule has 1 aromatic rings. The molecule has 1 saturated heterocycles. The summed E-state index contributed by atoms with van der Waals surface area (Å²) in [5.74, 6) is -0.00818. The summed E-state index contributed by atoms with van der Waals surface area (Å²) in [6, 6.07) is 5.99. The lowest BCUT2D eigenvalue weighted by atomic mass is 9.91. The first-order chi connectivity index (χ1) is 9.42. The molecule has 0 saturated carbocycles. The molecule has 0 unspecified atom stereocenters. The molecule has 0 radical (unpaired) electrons. The van der Waals surface area contributed by atoms with E-state index in [1.807, 2.05) is 6.92 Å². The van der Waals surface area contributed by atoms with Gasteiger partial charge in [-0.1, -0.05) is 19.1 Å². The SMILES string of the molecule is CCC1(O)CN(C(=O)Cc2ccc(OC(F)F)cc2)C1. The van der Waals surface area contributed by atoms with Crippen LogP contribution >= 0.6 is 0 Å². The third kappa shape index (κ3) is 3.45. The van der Waals surface area contributed by atoms with Crippen LogP contribution in [0.5, 0.6) is 5.75 Å². The lowest BCUT2D eigenvalue weighted by Gasteiger charge is -2.46. The lowest BCUT2D eigenvalue weighted by molar-refractivity contribution is -0.155. The predicted molar refractivity (Wildman–Crippen MR) is 68.6 cm³/mol. The number of rotatable bonds is 5.